The average molecular weight is 433 g/mol. The maximum atomic E-state index is 13.0. The first kappa shape index (κ1) is 21.8. The van der Waals surface area contributed by atoms with Gasteiger partial charge in [-0.25, -0.2) is 0 Å². The number of nitro groups is 1. The molecule has 2 N–H and O–H groups in total. The van der Waals surface area contributed by atoms with Crippen molar-refractivity contribution in [2.45, 2.75) is 4.90 Å². The number of amides is 2. The molecule has 0 aliphatic heterocycles. The summed E-state index contributed by atoms with van der Waals surface area (Å²) in [4.78, 5) is 37.4. The fourth-order valence-electron chi connectivity index (χ4n) is 2.77. The lowest BCUT2D eigenvalue weighted by molar-refractivity contribution is -0.385. The first-order valence-corrected chi connectivity index (χ1v) is 10.5. The van der Waals surface area contributed by atoms with Crippen LogP contribution in [0.4, 0.5) is 11.4 Å². The minimum absolute atomic E-state index is 0.113. The predicted octanol–water partition coefficient (Wildman–Crippen LogP) is 4.73. The number of hydrogen-bond acceptors (Lipinski definition) is 5. The Kier molecular flexibility index (Phi) is 7.18. The molecule has 8 heteroatoms. The number of thioether (sulfide) groups is 1. The summed E-state index contributed by atoms with van der Waals surface area (Å²) in [7, 11) is 0. The molecule has 0 radical (unpaired) electrons. The molecule has 3 aromatic rings. The molecule has 2 amide bonds. The predicted molar refractivity (Wildman–Crippen MR) is 122 cm³/mol. The molecule has 3 aromatic carbocycles. The van der Waals surface area contributed by atoms with Crippen LogP contribution in [0.25, 0.3) is 6.08 Å². The van der Waals surface area contributed by atoms with Crippen LogP contribution < -0.4 is 10.6 Å². The van der Waals surface area contributed by atoms with Gasteiger partial charge in [-0.05, 0) is 48.7 Å². The third-order valence-electron chi connectivity index (χ3n) is 4.29. The van der Waals surface area contributed by atoms with E-state index in [1.54, 1.807) is 54.6 Å². The Morgan fingerprint density at radius 2 is 1.68 bits per heavy atom. The van der Waals surface area contributed by atoms with E-state index in [1.807, 2.05) is 12.3 Å². The van der Waals surface area contributed by atoms with Gasteiger partial charge in [-0.2, -0.15) is 0 Å². The zero-order valence-electron chi connectivity index (χ0n) is 16.6. The third-order valence-corrected chi connectivity index (χ3v) is 5.02. The van der Waals surface area contributed by atoms with E-state index in [9.17, 15) is 19.7 Å². The largest absolute Gasteiger partial charge is 0.321 e. The van der Waals surface area contributed by atoms with Gasteiger partial charge in [0.25, 0.3) is 17.5 Å². The van der Waals surface area contributed by atoms with Crippen LogP contribution in [0.3, 0.4) is 0 Å². The number of hydrogen-bond donors (Lipinski definition) is 2. The minimum atomic E-state index is -0.597. The van der Waals surface area contributed by atoms with Crippen molar-refractivity contribution in [2.75, 3.05) is 11.6 Å². The normalized spacial score (nSPS) is 10.9. The third kappa shape index (κ3) is 5.80. The van der Waals surface area contributed by atoms with Gasteiger partial charge in [0.05, 0.1) is 10.5 Å². The Morgan fingerprint density at radius 1 is 0.968 bits per heavy atom. The summed E-state index contributed by atoms with van der Waals surface area (Å²) in [5, 5.41) is 16.7. The van der Waals surface area contributed by atoms with Gasteiger partial charge in [-0.15, -0.1) is 11.8 Å². The molecule has 0 saturated heterocycles. The van der Waals surface area contributed by atoms with Crippen LogP contribution in [0, 0.1) is 10.1 Å². The molecule has 0 atom stereocenters. The lowest BCUT2D eigenvalue weighted by Crippen LogP contribution is -2.30. The molecule has 0 saturated carbocycles. The number of carbonyl (C=O) groups excluding carboxylic acids is 2. The van der Waals surface area contributed by atoms with Crippen LogP contribution in [0.15, 0.2) is 89.5 Å². The van der Waals surface area contributed by atoms with Crippen LogP contribution in [0.2, 0.25) is 0 Å². The molecule has 0 spiro atoms. The molecule has 0 aliphatic rings. The van der Waals surface area contributed by atoms with Crippen molar-refractivity contribution in [1.82, 2.24) is 5.32 Å². The zero-order chi connectivity index (χ0) is 22.2. The lowest BCUT2D eigenvalue weighted by Gasteiger charge is -2.12. The first-order chi connectivity index (χ1) is 15.0. The van der Waals surface area contributed by atoms with Crippen molar-refractivity contribution in [3.05, 3.63) is 106 Å². The molecule has 0 heterocycles. The molecule has 156 valence electrons. The number of nitro benzene ring substituents is 1. The maximum Gasteiger partial charge on any atom is 0.276 e. The summed E-state index contributed by atoms with van der Waals surface area (Å²) in [5.41, 5.74) is 0.806. The van der Waals surface area contributed by atoms with Crippen LogP contribution in [-0.4, -0.2) is 23.0 Å². The molecule has 31 heavy (non-hydrogen) atoms. The second kappa shape index (κ2) is 10.2. The van der Waals surface area contributed by atoms with Crippen molar-refractivity contribution < 1.29 is 14.5 Å². The van der Waals surface area contributed by atoms with Crippen LogP contribution in [-0.2, 0) is 4.79 Å². The Morgan fingerprint density at radius 3 is 2.39 bits per heavy atom. The number of carbonyl (C=O) groups is 2. The van der Waals surface area contributed by atoms with Gasteiger partial charge in [0.15, 0.2) is 0 Å². The average Bonchev–Trinajstić information content (AvgIpc) is 2.79. The van der Waals surface area contributed by atoms with E-state index in [2.05, 4.69) is 10.6 Å². The van der Waals surface area contributed by atoms with Crippen molar-refractivity contribution in [3.63, 3.8) is 0 Å². The summed E-state index contributed by atoms with van der Waals surface area (Å²) in [6, 6.07) is 21.6. The highest BCUT2D eigenvalue weighted by Gasteiger charge is 2.18. The topological polar surface area (TPSA) is 101 Å². The van der Waals surface area contributed by atoms with Crippen LogP contribution >= 0.6 is 11.8 Å². The summed E-state index contributed by atoms with van der Waals surface area (Å²) >= 11 is 1.52. The lowest BCUT2D eigenvalue weighted by atomic mass is 10.1. The van der Waals surface area contributed by atoms with E-state index >= 15 is 0 Å². The van der Waals surface area contributed by atoms with Gasteiger partial charge in [0, 0.05) is 22.2 Å². The molecule has 7 nitrogen and oxygen atoms in total. The molecule has 0 bridgehead atoms. The van der Waals surface area contributed by atoms with Crippen molar-refractivity contribution in [2.24, 2.45) is 0 Å². The molecule has 0 unspecified atom stereocenters. The SMILES string of the molecule is CSc1cccc(NC(=O)/C(=C\c2ccccc2[N+](=O)[O-])NC(=O)c2ccccc2)c1. The van der Waals surface area contributed by atoms with Crippen LogP contribution in [0.1, 0.15) is 15.9 Å². The van der Waals surface area contributed by atoms with E-state index in [0.717, 1.165) is 4.90 Å². The first-order valence-electron chi connectivity index (χ1n) is 9.25. The van der Waals surface area contributed by atoms with Crippen molar-refractivity contribution in [1.29, 1.82) is 0 Å². The van der Waals surface area contributed by atoms with E-state index in [-0.39, 0.29) is 16.9 Å². The number of nitrogens with one attached hydrogen (secondary N) is 2. The Labute approximate surface area is 183 Å². The highest BCUT2D eigenvalue weighted by atomic mass is 32.2. The Hall–Kier alpha value is -3.91. The summed E-state index contributed by atoms with van der Waals surface area (Å²) in [5.74, 6) is -1.10. The summed E-state index contributed by atoms with van der Waals surface area (Å²) in [6.07, 6.45) is 3.22. The second-order valence-electron chi connectivity index (χ2n) is 6.38. The summed E-state index contributed by atoms with van der Waals surface area (Å²) in [6.45, 7) is 0. The van der Waals surface area contributed by atoms with Gasteiger partial charge in [-0.3, -0.25) is 19.7 Å². The van der Waals surface area contributed by atoms with E-state index in [1.165, 1.54) is 36.0 Å². The number of benzene rings is 3. The Balaban J connectivity index is 1.96. The number of rotatable bonds is 7. The van der Waals surface area contributed by atoms with Gasteiger partial charge in [-0.1, -0.05) is 36.4 Å². The van der Waals surface area contributed by atoms with E-state index < -0.39 is 16.7 Å². The van der Waals surface area contributed by atoms with Gasteiger partial charge >= 0.3 is 0 Å². The monoisotopic (exact) mass is 433 g/mol. The molecule has 3 rings (SSSR count). The van der Waals surface area contributed by atoms with Gasteiger partial charge < -0.3 is 10.6 Å². The smallest absolute Gasteiger partial charge is 0.276 e. The molecule has 0 aromatic heterocycles. The number of nitrogens with zero attached hydrogens (tertiary/aromatic N) is 1. The van der Waals surface area contributed by atoms with Crippen molar-refractivity contribution in [3.8, 4) is 0 Å². The fraction of sp³-hybridized carbons (Fsp3) is 0.0435. The zero-order valence-corrected chi connectivity index (χ0v) is 17.4. The molecular formula is C23H19N3O4S. The maximum absolute atomic E-state index is 13.0. The molecule has 0 aliphatic carbocycles. The highest BCUT2D eigenvalue weighted by Crippen LogP contribution is 2.22. The Bertz CT molecular complexity index is 1150. The quantitative estimate of drug-likeness (QED) is 0.243. The molecule has 0 fully saturated rings. The van der Waals surface area contributed by atoms with Crippen molar-refractivity contribution >= 4 is 41.0 Å². The van der Waals surface area contributed by atoms with Crippen LogP contribution in [0.5, 0.6) is 0 Å². The van der Waals surface area contributed by atoms with Gasteiger partial charge in [0.1, 0.15) is 5.70 Å². The van der Waals surface area contributed by atoms with E-state index in [0.29, 0.717) is 11.3 Å². The fourth-order valence-corrected chi connectivity index (χ4v) is 3.23. The highest BCUT2D eigenvalue weighted by molar-refractivity contribution is 7.98. The second-order valence-corrected chi connectivity index (χ2v) is 7.26. The minimum Gasteiger partial charge on any atom is -0.321 e. The van der Waals surface area contributed by atoms with Gasteiger partial charge in [0.2, 0.25) is 0 Å². The van der Waals surface area contributed by atoms with E-state index in [4.69, 9.17) is 0 Å². The molecular weight excluding hydrogens is 414 g/mol. The summed E-state index contributed by atoms with van der Waals surface area (Å²) < 4.78 is 0. The number of anilines is 1. The standard InChI is InChI=1S/C23H19N3O4S/c1-31-19-12-7-11-18(15-19)24-23(28)20(25-22(27)16-8-3-2-4-9-16)14-17-10-5-6-13-21(17)26(29)30/h2-15H,1H3,(H,24,28)(H,25,27)/b20-14+. The number of para-hydroxylation sites is 1.